The Hall–Kier alpha value is -1.60. The van der Waals surface area contributed by atoms with Crippen LogP contribution in [0.2, 0.25) is 0 Å². The summed E-state index contributed by atoms with van der Waals surface area (Å²) >= 11 is 0. The van der Waals surface area contributed by atoms with Crippen molar-refractivity contribution in [3.63, 3.8) is 0 Å². The van der Waals surface area contributed by atoms with E-state index in [-0.39, 0.29) is 0 Å². The van der Waals surface area contributed by atoms with E-state index in [1.54, 1.807) is 0 Å². The molecular weight excluding hydrogens is 278 g/mol. The van der Waals surface area contributed by atoms with E-state index in [9.17, 15) is 0 Å². The molecule has 1 nitrogen and oxygen atoms in total. The lowest BCUT2D eigenvalue weighted by Crippen LogP contribution is -2.42. The molecule has 1 saturated heterocycles. The lowest BCUT2D eigenvalue weighted by Gasteiger charge is -2.31. The molecule has 1 aliphatic heterocycles. The number of benzene rings is 2. The molecule has 122 valence electrons. The van der Waals surface area contributed by atoms with Crippen LogP contribution in [-0.2, 0) is 12.8 Å². The van der Waals surface area contributed by atoms with Gasteiger partial charge in [-0.15, -0.1) is 0 Å². The summed E-state index contributed by atoms with van der Waals surface area (Å²) in [7, 11) is 0. The molecule has 0 unspecified atom stereocenters. The van der Waals surface area contributed by atoms with E-state index in [0.29, 0.717) is 6.04 Å². The zero-order chi connectivity index (χ0) is 15.7. The van der Waals surface area contributed by atoms with Gasteiger partial charge in [0.25, 0.3) is 0 Å². The number of nitrogens with one attached hydrogen (secondary N) is 1. The van der Waals surface area contributed by atoms with Crippen molar-refractivity contribution in [2.24, 2.45) is 0 Å². The van der Waals surface area contributed by atoms with E-state index in [0.717, 1.165) is 6.04 Å². The first-order chi connectivity index (χ1) is 11.4. The SMILES string of the molecule is c1ccc(CCC[C@H]2CCC[C@@H](CCc3ccccc3)N2)cc1. The minimum atomic E-state index is 0.714. The molecule has 3 rings (SSSR count). The molecule has 1 aliphatic rings. The van der Waals surface area contributed by atoms with Crippen LogP contribution in [0.4, 0.5) is 0 Å². The molecule has 0 spiro atoms. The smallest absolute Gasteiger partial charge is 0.00728 e. The summed E-state index contributed by atoms with van der Waals surface area (Å²) in [6, 6.07) is 23.2. The molecule has 0 aromatic heterocycles. The number of hydrogen-bond acceptors (Lipinski definition) is 1. The molecule has 2 aromatic carbocycles. The highest BCUT2D eigenvalue weighted by Gasteiger charge is 2.20. The van der Waals surface area contributed by atoms with Gasteiger partial charge in [-0.05, 0) is 56.1 Å². The second-order valence-corrected chi connectivity index (χ2v) is 6.89. The molecule has 2 aromatic rings. The average Bonchev–Trinajstić information content (AvgIpc) is 2.62. The third-order valence-electron chi connectivity index (χ3n) is 5.06. The summed E-state index contributed by atoms with van der Waals surface area (Å²) < 4.78 is 0. The second-order valence-electron chi connectivity index (χ2n) is 6.89. The molecule has 1 N–H and O–H groups in total. The van der Waals surface area contributed by atoms with E-state index in [2.05, 4.69) is 66.0 Å². The maximum Gasteiger partial charge on any atom is 0.00728 e. The van der Waals surface area contributed by atoms with Crippen molar-refractivity contribution < 1.29 is 0 Å². The highest BCUT2D eigenvalue weighted by atomic mass is 15.0. The van der Waals surface area contributed by atoms with Gasteiger partial charge >= 0.3 is 0 Å². The van der Waals surface area contributed by atoms with Crippen LogP contribution in [0.15, 0.2) is 60.7 Å². The Morgan fingerprint density at radius 1 is 0.696 bits per heavy atom. The van der Waals surface area contributed by atoms with E-state index in [4.69, 9.17) is 0 Å². The van der Waals surface area contributed by atoms with Gasteiger partial charge in [-0.1, -0.05) is 67.1 Å². The first-order valence-corrected chi connectivity index (χ1v) is 9.24. The third-order valence-corrected chi connectivity index (χ3v) is 5.06. The summed E-state index contributed by atoms with van der Waals surface area (Å²) in [6.07, 6.45) is 10.4. The van der Waals surface area contributed by atoms with Crippen LogP contribution >= 0.6 is 0 Å². The van der Waals surface area contributed by atoms with Crippen LogP contribution in [0.1, 0.15) is 49.7 Å². The number of aryl methyl sites for hydroxylation is 2. The highest BCUT2D eigenvalue weighted by Crippen LogP contribution is 2.20. The summed E-state index contributed by atoms with van der Waals surface area (Å²) in [4.78, 5) is 0. The third kappa shape index (κ3) is 5.51. The van der Waals surface area contributed by atoms with Crippen molar-refractivity contribution in [2.75, 3.05) is 0 Å². The van der Waals surface area contributed by atoms with Crippen molar-refractivity contribution in [2.45, 2.75) is 63.5 Å². The maximum absolute atomic E-state index is 3.91. The van der Waals surface area contributed by atoms with Crippen molar-refractivity contribution in [1.82, 2.24) is 5.32 Å². The summed E-state index contributed by atoms with van der Waals surface area (Å²) in [5.74, 6) is 0. The predicted octanol–water partition coefficient (Wildman–Crippen LogP) is 5.15. The number of piperidine rings is 1. The average molecular weight is 307 g/mol. The minimum Gasteiger partial charge on any atom is -0.311 e. The van der Waals surface area contributed by atoms with Gasteiger partial charge in [0, 0.05) is 12.1 Å². The fourth-order valence-corrected chi connectivity index (χ4v) is 3.75. The van der Waals surface area contributed by atoms with Crippen LogP contribution < -0.4 is 5.32 Å². The zero-order valence-corrected chi connectivity index (χ0v) is 14.1. The molecular formula is C22H29N. The number of hydrogen-bond donors (Lipinski definition) is 1. The molecule has 0 bridgehead atoms. The van der Waals surface area contributed by atoms with Gasteiger partial charge in [0.15, 0.2) is 0 Å². The van der Waals surface area contributed by atoms with E-state index in [1.807, 2.05) is 0 Å². The van der Waals surface area contributed by atoms with Crippen LogP contribution in [-0.4, -0.2) is 12.1 Å². The summed E-state index contributed by atoms with van der Waals surface area (Å²) in [5.41, 5.74) is 2.95. The van der Waals surface area contributed by atoms with Crippen molar-refractivity contribution in [1.29, 1.82) is 0 Å². The fourth-order valence-electron chi connectivity index (χ4n) is 3.75. The summed E-state index contributed by atoms with van der Waals surface area (Å²) in [5, 5.41) is 3.91. The van der Waals surface area contributed by atoms with Crippen LogP contribution in [0.3, 0.4) is 0 Å². The topological polar surface area (TPSA) is 12.0 Å². The Labute approximate surface area is 141 Å². The Morgan fingerprint density at radius 3 is 1.91 bits per heavy atom. The molecule has 0 radical (unpaired) electrons. The Morgan fingerprint density at radius 2 is 1.26 bits per heavy atom. The molecule has 2 atom stereocenters. The second kappa shape index (κ2) is 8.88. The predicted molar refractivity (Wildman–Crippen MR) is 98.7 cm³/mol. The molecule has 1 heteroatoms. The zero-order valence-electron chi connectivity index (χ0n) is 14.1. The molecule has 0 saturated carbocycles. The van der Waals surface area contributed by atoms with Crippen LogP contribution in [0, 0.1) is 0 Å². The van der Waals surface area contributed by atoms with Crippen molar-refractivity contribution in [3.8, 4) is 0 Å². The molecule has 1 fully saturated rings. The van der Waals surface area contributed by atoms with Gasteiger partial charge in [-0.3, -0.25) is 0 Å². The van der Waals surface area contributed by atoms with Gasteiger partial charge in [0.1, 0.15) is 0 Å². The largest absolute Gasteiger partial charge is 0.311 e. The van der Waals surface area contributed by atoms with Crippen LogP contribution in [0.5, 0.6) is 0 Å². The maximum atomic E-state index is 3.91. The number of rotatable bonds is 7. The van der Waals surface area contributed by atoms with E-state index < -0.39 is 0 Å². The fraction of sp³-hybridized carbons (Fsp3) is 0.455. The first-order valence-electron chi connectivity index (χ1n) is 9.24. The standard InChI is InChI=1S/C22H29N/c1-3-9-19(10-4-1)13-7-14-21-15-8-16-22(23-21)18-17-20-11-5-2-6-12-20/h1-6,9-12,21-23H,7-8,13-18H2/t21-,22-/m0/s1. The first kappa shape index (κ1) is 16.3. The Balaban J connectivity index is 1.38. The lowest BCUT2D eigenvalue weighted by atomic mass is 9.91. The minimum absolute atomic E-state index is 0.714. The molecule has 23 heavy (non-hydrogen) atoms. The van der Waals surface area contributed by atoms with Gasteiger partial charge in [0.2, 0.25) is 0 Å². The monoisotopic (exact) mass is 307 g/mol. The summed E-state index contributed by atoms with van der Waals surface area (Å²) in [6.45, 7) is 0. The molecule has 0 aliphatic carbocycles. The Kier molecular flexibility index (Phi) is 6.28. The normalized spacial score (nSPS) is 21.2. The highest BCUT2D eigenvalue weighted by molar-refractivity contribution is 5.15. The van der Waals surface area contributed by atoms with E-state index in [1.165, 1.54) is 62.5 Å². The molecule has 1 heterocycles. The van der Waals surface area contributed by atoms with Gasteiger partial charge in [0.05, 0.1) is 0 Å². The Bertz CT molecular complexity index is 549. The van der Waals surface area contributed by atoms with Crippen LogP contribution in [0.25, 0.3) is 0 Å². The lowest BCUT2D eigenvalue weighted by molar-refractivity contribution is 0.293. The molecule has 0 amide bonds. The van der Waals surface area contributed by atoms with E-state index >= 15 is 0 Å². The van der Waals surface area contributed by atoms with Gasteiger partial charge in [-0.25, -0.2) is 0 Å². The van der Waals surface area contributed by atoms with Gasteiger partial charge in [-0.2, -0.15) is 0 Å². The van der Waals surface area contributed by atoms with Crippen molar-refractivity contribution >= 4 is 0 Å². The van der Waals surface area contributed by atoms with Crippen molar-refractivity contribution in [3.05, 3.63) is 71.8 Å². The quantitative estimate of drug-likeness (QED) is 0.745. The van der Waals surface area contributed by atoms with Gasteiger partial charge < -0.3 is 5.32 Å².